The first-order valence-corrected chi connectivity index (χ1v) is 8.94. The van der Waals surface area contributed by atoms with Crippen LogP contribution < -0.4 is 0 Å². The number of carbonyl (C=O) groups is 2. The fraction of sp³-hybridized carbons (Fsp3) is 0.556. The predicted octanol–water partition coefficient (Wildman–Crippen LogP) is 1.90. The Morgan fingerprint density at radius 2 is 1.71 bits per heavy atom. The normalized spacial score (nSPS) is 15.4. The molecule has 0 unspecified atom stereocenters. The van der Waals surface area contributed by atoms with E-state index in [1.807, 2.05) is 41.8 Å². The van der Waals surface area contributed by atoms with Crippen molar-refractivity contribution in [2.45, 2.75) is 20.3 Å². The van der Waals surface area contributed by atoms with E-state index in [4.69, 9.17) is 11.6 Å². The maximum absolute atomic E-state index is 12.4. The highest BCUT2D eigenvalue weighted by Crippen LogP contribution is 2.16. The van der Waals surface area contributed by atoms with Crippen molar-refractivity contribution in [2.24, 2.45) is 0 Å². The lowest BCUT2D eigenvalue weighted by molar-refractivity contribution is -0.134. The molecule has 2 amide bonds. The van der Waals surface area contributed by atoms with E-state index in [-0.39, 0.29) is 11.8 Å². The molecule has 1 aromatic rings. The molecule has 0 bridgehead atoms. The van der Waals surface area contributed by atoms with Crippen LogP contribution in [0, 0.1) is 0 Å². The maximum Gasteiger partial charge on any atom is 0.236 e. The average molecular weight is 352 g/mol. The fourth-order valence-corrected chi connectivity index (χ4v) is 3.14. The van der Waals surface area contributed by atoms with Gasteiger partial charge in [-0.2, -0.15) is 0 Å². The molecular weight excluding hydrogens is 326 g/mol. The molecule has 132 valence electrons. The van der Waals surface area contributed by atoms with Crippen LogP contribution in [0.3, 0.4) is 0 Å². The van der Waals surface area contributed by atoms with E-state index in [9.17, 15) is 9.59 Å². The van der Waals surface area contributed by atoms with Gasteiger partial charge in [-0.1, -0.05) is 29.8 Å². The summed E-state index contributed by atoms with van der Waals surface area (Å²) in [7, 11) is 0. The van der Waals surface area contributed by atoms with Crippen LogP contribution in [0.2, 0.25) is 5.02 Å². The number of nitrogens with zero attached hydrogens (tertiary/aromatic N) is 3. The Balaban J connectivity index is 1.81. The molecule has 0 aliphatic carbocycles. The SMILES string of the molecule is CCN(CC)C(=O)CN1CCN(C(=O)Cc2ccccc2Cl)CC1. The number of hydrogen-bond acceptors (Lipinski definition) is 3. The van der Waals surface area contributed by atoms with Gasteiger partial charge in [0, 0.05) is 44.3 Å². The Morgan fingerprint density at radius 1 is 1.08 bits per heavy atom. The molecule has 0 radical (unpaired) electrons. The van der Waals surface area contributed by atoms with Crippen molar-refractivity contribution in [3.05, 3.63) is 34.9 Å². The summed E-state index contributed by atoms with van der Waals surface area (Å²) in [5, 5.41) is 0.634. The lowest BCUT2D eigenvalue weighted by Gasteiger charge is -2.35. The molecule has 1 heterocycles. The van der Waals surface area contributed by atoms with Crippen molar-refractivity contribution in [1.29, 1.82) is 0 Å². The van der Waals surface area contributed by atoms with E-state index in [0.29, 0.717) is 31.1 Å². The van der Waals surface area contributed by atoms with Gasteiger partial charge in [-0.15, -0.1) is 0 Å². The Morgan fingerprint density at radius 3 is 2.29 bits per heavy atom. The molecule has 0 atom stereocenters. The second-order valence-electron chi connectivity index (χ2n) is 5.99. The second kappa shape index (κ2) is 9.04. The van der Waals surface area contributed by atoms with Crippen LogP contribution in [0.1, 0.15) is 19.4 Å². The van der Waals surface area contributed by atoms with E-state index >= 15 is 0 Å². The highest BCUT2D eigenvalue weighted by atomic mass is 35.5. The minimum absolute atomic E-state index is 0.0952. The van der Waals surface area contributed by atoms with Gasteiger partial charge in [0.1, 0.15) is 0 Å². The van der Waals surface area contributed by atoms with E-state index in [1.165, 1.54) is 0 Å². The predicted molar refractivity (Wildman–Crippen MR) is 96.1 cm³/mol. The molecule has 0 spiro atoms. The van der Waals surface area contributed by atoms with E-state index in [1.54, 1.807) is 6.07 Å². The maximum atomic E-state index is 12.4. The smallest absolute Gasteiger partial charge is 0.236 e. The molecule has 24 heavy (non-hydrogen) atoms. The number of hydrogen-bond donors (Lipinski definition) is 0. The quantitative estimate of drug-likeness (QED) is 0.786. The Hall–Kier alpha value is -1.59. The van der Waals surface area contributed by atoms with E-state index < -0.39 is 0 Å². The number of carbonyl (C=O) groups excluding carboxylic acids is 2. The zero-order valence-corrected chi connectivity index (χ0v) is 15.3. The third-order valence-corrected chi connectivity index (χ3v) is 4.87. The molecular formula is C18H26ClN3O2. The van der Waals surface area contributed by atoms with Crippen LogP contribution in [0.4, 0.5) is 0 Å². The van der Waals surface area contributed by atoms with Crippen molar-refractivity contribution in [1.82, 2.24) is 14.7 Å². The molecule has 1 aliphatic rings. The van der Waals surface area contributed by atoms with Crippen LogP contribution in [0.5, 0.6) is 0 Å². The first kappa shape index (κ1) is 18.7. The van der Waals surface area contributed by atoms with Crippen molar-refractivity contribution < 1.29 is 9.59 Å². The molecule has 1 fully saturated rings. The lowest BCUT2D eigenvalue weighted by Crippen LogP contribution is -2.51. The van der Waals surface area contributed by atoms with Gasteiger partial charge in [-0.3, -0.25) is 14.5 Å². The first-order chi connectivity index (χ1) is 11.5. The summed E-state index contributed by atoms with van der Waals surface area (Å²) in [6, 6.07) is 7.45. The summed E-state index contributed by atoms with van der Waals surface area (Å²) in [5.74, 6) is 0.258. The minimum atomic E-state index is 0.0952. The summed E-state index contributed by atoms with van der Waals surface area (Å²) < 4.78 is 0. The highest BCUT2D eigenvalue weighted by Gasteiger charge is 2.23. The fourth-order valence-electron chi connectivity index (χ4n) is 2.94. The number of likely N-dealkylation sites (N-methyl/N-ethyl adjacent to an activating group) is 1. The standard InChI is InChI=1S/C18H26ClN3O2/c1-3-21(4-2)18(24)14-20-9-11-22(12-10-20)17(23)13-15-7-5-6-8-16(15)19/h5-8H,3-4,9-14H2,1-2H3. The molecule has 6 heteroatoms. The third-order valence-electron chi connectivity index (χ3n) is 4.50. The van der Waals surface area contributed by atoms with E-state index in [2.05, 4.69) is 4.90 Å². The summed E-state index contributed by atoms with van der Waals surface area (Å²) in [5.41, 5.74) is 0.864. The molecule has 5 nitrogen and oxygen atoms in total. The monoisotopic (exact) mass is 351 g/mol. The van der Waals surface area contributed by atoms with Gasteiger partial charge in [-0.05, 0) is 25.5 Å². The zero-order valence-electron chi connectivity index (χ0n) is 14.5. The third kappa shape index (κ3) is 4.95. The Kier molecular flexibility index (Phi) is 7.06. The van der Waals surface area contributed by atoms with Crippen molar-refractivity contribution >= 4 is 23.4 Å². The van der Waals surface area contributed by atoms with Gasteiger partial charge in [-0.25, -0.2) is 0 Å². The van der Waals surface area contributed by atoms with Crippen molar-refractivity contribution in [3.8, 4) is 0 Å². The number of piperazine rings is 1. The summed E-state index contributed by atoms with van der Waals surface area (Å²) >= 11 is 6.12. The summed E-state index contributed by atoms with van der Waals surface area (Å²) in [4.78, 5) is 30.4. The van der Waals surface area contributed by atoms with Crippen LogP contribution in [0.25, 0.3) is 0 Å². The number of halogens is 1. The summed E-state index contributed by atoms with van der Waals surface area (Å²) in [6.07, 6.45) is 0.331. The van der Waals surface area contributed by atoms with Gasteiger partial charge in [0.2, 0.25) is 11.8 Å². The molecule has 1 saturated heterocycles. The first-order valence-electron chi connectivity index (χ1n) is 8.56. The Labute approximate surface area is 149 Å². The van der Waals surface area contributed by atoms with Gasteiger partial charge < -0.3 is 9.80 Å². The molecule has 1 aliphatic heterocycles. The Bertz CT molecular complexity index is 567. The van der Waals surface area contributed by atoms with Gasteiger partial charge >= 0.3 is 0 Å². The topological polar surface area (TPSA) is 43.9 Å². The van der Waals surface area contributed by atoms with Crippen molar-refractivity contribution in [3.63, 3.8) is 0 Å². The van der Waals surface area contributed by atoms with Crippen LogP contribution in [0.15, 0.2) is 24.3 Å². The molecule has 0 saturated carbocycles. The number of rotatable bonds is 6. The van der Waals surface area contributed by atoms with Crippen LogP contribution in [-0.4, -0.2) is 72.3 Å². The van der Waals surface area contributed by atoms with Gasteiger partial charge in [0.15, 0.2) is 0 Å². The highest BCUT2D eigenvalue weighted by molar-refractivity contribution is 6.31. The second-order valence-corrected chi connectivity index (χ2v) is 6.40. The largest absolute Gasteiger partial charge is 0.342 e. The van der Waals surface area contributed by atoms with Crippen LogP contribution in [-0.2, 0) is 16.0 Å². The van der Waals surface area contributed by atoms with Gasteiger partial charge in [0.05, 0.1) is 13.0 Å². The molecule has 1 aromatic carbocycles. The summed E-state index contributed by atoms with van der Waals surface area (Å²) in [6.45, 7) is 8.71. The lowest BCUT2D eigenvalue weighted by atomic mass is 10.1. The van der Waals surface area contributed by atoms with E-state index in [0.717, 1.165) is 31.7 Å². The number of benzene rings is 1. The molecule has 0 aromatic heterocycles. The van der Waals surface area contributed by atoms with Gasteiger partial charge in [0.25, 0.3) is 0 Å². The molecule has 2 rings (SSSR count). The van der Waals surface area contributed by atoms with Crippen LogP contribution >= 0.6 is 11.6 Å². The number of amides is 2. The minimum Gasteiger partial charge on any atom is -0.342 e. The zero-order chi connectivity index (χ0) is 17.5. The molecule has 0 N–H and O–H groups in total. The van der Waals surface area contributed by atoms with Crippen molar-refractivity contribution in [2.75, 3.05) is 45.8 Å². The average Bonchev–Trinajstić information content (AvgIpc) is 2.58.